The smallest absolute Gasteiger partial charge is 0.251 e. The first-order valence-corrected chi connectivity index (χ1v) is 8.21. The summed E-state index contributed by atoms with van der Waals surface area (Å²) >= 11 is 0. The predicted octanol–water partition coefficient (Wildman–Crippen LogP) is 3.11. The van der Waals surface area contributed by atoms with Crippen LogP contribution in [0.1, 0.15) is 24.2 Å². The molecule has 0 aliphatic rings. The second-order valence-electron chi connectivity index (χ2n) is 6.16. The molecule has 5 heteroatoms. The van der Waals surface area contributed by atoms with Gasteiger partial charge in [0.05, 0.1) is 7.11 Å². The monoisotopic (exact) mass is 340 g/mol. The third-order valence-electron chi connectivity index (χ3n) is 4.05. The zero-order valence-corrected chi connectivity index (χ0v) is 15.0. The molecule has 2 aromatic carbocycles. The Morgan fingerprint density at radius 3 is 2.12 bits per heavy atom. The van der Waals surface area contributed by atoms with E-state index in [1.54, 1.807) is 43.3 Å². The first-order valence-electron chi connectivity index (χ1n) is 8.21. The summed E-state index contributed by atoms with van der Waals surface area (Å²) < 4.78 is 5.09. The molecule has 0 bridgehead atoms. The zero-order chi connectivity index (χ0) is 18.4. The number of likely N-dealkylation sites (N-methyl/N-ethyl adjacent to an activating group) is 1. The average molecular weight is 340 g/mol. The molecule has 5 nitrogen and oxygen atoms in total. The van der Waals surface area contributed by atoms with Crippen molar-refractivity contribution in [2.45, 2.75) is 19.9 Å². The summed E-state index contributed by atoms with van der Waals surface area (Å²) in [4.78, 5) is 26.9. The summed E-state index contributed by atoms with van der Waals surface area (Å²) in [5, 5.41) is 2.85. The highest BCUT2D eigenvalue weighted by Gasteiger charge is 2.28. The van der Waals surface area contributed by atoms with Gasteiger partial charge in [0, 0.05) is 18.3 Å². The number of carbonyl (C=O) groups is 2. The highest BCUT2D eigenvalue weighted by molar-refractivity contribution is 6.02. The molecule has 0 saturated heterocycles. The number of rotatable bonds is 6. The maximum absolute atomic E-state index is 12.8. The van der Waals surface area contributed by atoms with E-state index in [9.17, 15) is 9.59 Å². The number of para-hydroxylation sites is 1. The lowest BCUT2D eigenvalue weighted by Gasteiger charge is -2.27. The summed E-state index contributed by atoms with van der Waals surface area (Å²) in [5.74, 6) is 0.205. The van der Waals surface area contributed by atoms with Gasteiger partial charge in [-0.05, 0) is 42.3 Å². The largest absolute Gasteiger partial charge is 0.497 e. The Morgan fingerprint density at radius 2 is 1.60 bits per heavy atom. The first kappa shape index (κ1) is 18.5. The number of nitrogens with one attached hydrogen (secondary N) is 1. The van der Waals surface area contributed by atoms with Crippen molar-refractivity contribution in [3.8, 4) is 5.75 Å². The molecular weight excluding hydrogens is 316 g/mol. The third kappa shape index (κ3) is 4.59. The predicted molar refractivity (Wildman–Crippen MR) is 98.9 cm³/mol. The molecule has 132 valence electrons. The standard InChI is InChI=1S/C20H24N2O3/c1-14(2)18(20(24)22(3)16-8-6-5-7-9-16)21-19(23)15-10-12-17(25-4)13-11-15/h5-14,18H,1-4H3,(H,21,23). The summed E-state index contributed by atoms with van der Waals surface area (Å²) in [6.45, 7) is 3.82. The average Bonchev–Trinajstić information content (AvgIpc) is 2.65. The van der Waals surface area contributed by atoms with Gasteiger partial charge in [0.1, 0.15) is 11.8 Å². The highest BCUT2D eigenvalue weighted by Crippen LogP contribution is 2.16. The number of methoxy groups -OCH3 is 1. The van der Waals surface area contributed by atoms with Crippen molar-refractivity contribution in [3.63, 3.8) is 0 Å². The molecule has 0 aliphatic heterocycles. The number of hydrogen-bond donors (Lipinski definition) is 1. The van der Waals surface area contributed by atoms with Crippen LogP contribution in [0.5, 0.6) is 5.75 Å². The molecule has 0 radical (unpaired) electrons. The molecule has 1 unspecified atom stereocenters. The third-order valence-corrected chi connectivity index (χ3v) is 4.05. The van der Waals surface area contributed by atoms with Crippen LogP contribution in [0.2, 0.25) is 0 Å². The van der Waals surface area contributed by atoms with Gasteiger partial charge >= 0.3 is 0 Å². The fraction of sp³-hybridized carbons (Fsp3) is 0.300. The van der Waals surface area contributed by atoms with E-state index in [1.165, 1.54) is 0 Å². The molecule has 2 rings (SSSR count). The molecule has 1 N–H and O–H groups in total. The highest BCUT2D eigenvalue weighted by atomic mass is 16.5. The Labute approximate surface area is 148 Å². The summed E-state index contributed by atoms with van der Waals surface area (Å²) in [7, 11) is 3.29. The van der Waals surface area contributed by atoms with Crippen molar-refractivity contribution in [2.24, 2.45) is 5.92 Å². The van der Waals surface area contributed by atoms with E-state index in [0.717, 1.165) is 5.69 Å². The Morgan fingerprint density at radius 1 is 1.00 bits per heavy atom. The molecule has 0 fully saturated rings. The molecule has 1 atom stereocenters. The molecule has 2 amide bonds. The Hall–Kier alpha value is -2.82. The minimum atomic E-state index is -0.611. The molecule has 25 heavy (non-hydrogen) atoms. The van der Waals surface area contributed by atoms with Crippen LogP contribution in [0.4, 0.5) is 5.69 Å². The van der Waals surface area contributed by atoms with Gasteiger partial charge in [-0.1, -0.05) is 32.0 Å². The number of benzene rings is 2. The van der Waals surface area contributed by atoms with Gasteiger partial charge in [0.25, 0.3) is 5.91 Å². The van der Waals surface area contributed by atoms with Crippen LogP contribution in [-0.4, -0.2) is 32.0 Å². The molecular formula is C20H24N2O3. The van der Waals surface area contributed by atoms with Gasteiger partial charge < -0.3 is 15.0 Å². The van der Waals surface area contributed by atoms with Crippen molar-refractivity contribution in [1.82, 2.24) is 5.32 Å². The van der Waals surface area contributed by atoms with Crippen LogP contribution in [0.15, 0.2) is 54.6 Å². The molecule has 0 aromatic heterocycles. The van der Waals surface area contributed by atoms with Crippen molar-refractivity contribution in [3.05, 3.63) is 60.2 Å². The van der Waals surface area contributed by atoms with Crippen molar-refractivity contribution >= 4 is 17.5 Å². The van der Waals surface area contributed by atoms with Crippen molar-refractivity contribution < 1.29 is 14.3 Å². The molecule has 0 heterocycles. The zero-order valence-electron chi connectivity index (χ0n) is 15.0. The Bertz CT molecular complexity index is 711. The van der Waals surface area contributed by atoms with E-state index in [0.29, 0.717) is 11.3 Å². The van der Waals surface area contributed by atoms with E-state index >= 15 is 0 Å². The van der Waals surface area contributed by atoms with Crippen molar-refractivity contribution in [2.75, 3.05) is 19.1 Å². The van der Waals surface area contributed by atoms with E-state index in [1.807, 2.05) is 44.2 Å². The van der Waals surface area contributed by atoms with E-state index < -0.39 is 6.04 Å². The fourth-order valence-electron chi connectivity index (χ4n) is 2.47. The topological polar surface area (TPSA) is 58.6 Å². The number of anilines is 1. The van der Waals surface area contributed by atoms with E-state index in [2.05, 4.69) is 5.32 Å². The lowest BCUT2D eigenvalue weighted by atomic mass is 10.0. The summed E-state index contributed by atoms with van der Waals surface area (Å²) in [6.07, 6.45) is 0. The molecule has 2 aromatic rings. The quantitative estimate of drug-likeness (QED) is 0.879. The lowest BCUT2D eigenvalue weighted by molar-refractivity contribution is -0.121. The van der Waals surface area contributed by atoms with Gasteiger partial charge in [-0.25, -0.2) is 0 Å². The SMILES string of the molecule is COc1ccc(C(=O)NC(C(=O)N(C)c2ccccc2)C(C)C)cc1. The second kappa shape index (κ2) is 8.33. The fourth-order valence-corrected chi connectivity index (χ4v) is 2.47. The van der Waals surface area contributed by atoms with Crippen LogP contribution >= 0.6 is 0 Å². The first-order chi connectivity index (χ1) is 11.9. The molecule has 0 spiro atoms. The summed E-state index contributed by atoms with van der Waals surface area (Å²) in [6, 6.07) is 15.6. The van der Waals surface area contributed by atoms with E-state index in [4.69, 9.17) is 4.74 Å². The number of nitrogens with zero attached hydrogens (tertiary/aromatic N) is 1. The maximum Gasteiger partial charge on any atom is 0.251 e. The number of amides is 2. The minimum Gasteiger partial charge on any atom is -0.497 e. The van der Waals surface area contributed by atoms with Crippen molar-refractivity contribution in [1.29, 1.82) is 0 Å². The Balaban J connectivity index is 2.14. The number of hydrogen-bond acceptors (Lipinski definition) is 3. The van der Waals surface area contributed by atoms with Crippen LogP contribution in [0.3, 0.4) is 0 Å². The number of ether oxygens (including phenoxy) is 1. The van der Waals surface area contributed by atoms with E-state index in [-0.39, 0.29) is 17.7 Å². The maximum atomic E-state index is 12.8. The van der Waals surface area contributed by atoms with Gasteiger partial charge in [-0.3, -0.25) is 9.59 Å². The summed E-state index contributed by atoms with van der Waals surface area (Å²) in [5.41, 5.74) is 1.28. The number of carbonyl (C=O) groups excluding carboxylic acids is 2. The second-order valence-corrected chi connectivity index (χ2v) is 6.16. The molecule has 0 aliphatic carbocycles. The van der Waals surface area contributed by atoms with Crippen LogP contribution < -0.4 is 15.0 Å². The van der Waals surface area contributed by atoms with Gasteiger partial charge in [-0.15, -0.1) is 0 Å². The van der Waals surface area contributed by atoms with Crippen LogP contribution in [0.25, 0.3) is 0 Å². The van der Waals surface area contributed by atoms with Gasteiger partial charge in [0.15, 0.2) is 0 Å². The van der Waals surface area contributed by atoms with Gasteiger partial charge in [0.2, 0.25) is 5.91 Å². The van der Waals surface area contributed by atoms with Crippen LogP contribution in [0, 0.1) is 5.92 Å². The molecule has 0 saturated carbocycles. The minimum absolute atomic E-state index is 0.0409. The van der Waals surface area contributed by atoms with Gasteiger partial charge in [-0.2, -0.15) is 0 Å². The van der Waals surface area contributed by atoms with Crippen LogP contribution in [-0.2, 0) is 4.79 Å². The normalized spacial score (nSPS) is 11.7. The Kier molecular flexibility index (Phi) is 6.17. The lowest BCUT2D eigenvalue weighted by Crippen LogP contribution is -2.50.